The van der Waals surface area contributed by atoms with Crippen molar-refractivity contribution >= 4 is 17.2 Å². The number of benzene rings is 3. The molecular formula is C27H26N2O3. The molecule has 3 aromatic carbocycles. The second kappa shape index (κ2) is 8.08. The normalized spacial score (nSPS) is 19.9. The summed E-state index contributed by atoms with van der Waals surface area (Å²) in [7, 11) is 1.53. The minimum absolute atomic E-state index is 0.0759. The van der Waals surface area contributed by atoms with Crippen molar-refractivity contribution in [1.29, 1.82) is 0 Å². The number of para-hydroxylation sites is 2. The van der Waals surface area contributed by atoms with Crippen LogP contribution in [0.25, 0.3) is 0 Å². The summed E-state index contributed by atoms with van der Waals surface area (Å²) >= 11 is 0. The van der Waals surface area contributed by atoms with Crippen molar-refractivity contribution in [1.82, 2.24) is 0 Å². The van der Waals surface area contributed by atoms with Crippen LogP contribution in [0.5, 0.6) is 11.5 Å². The predicted octanol–water partition coefficient (Wildman–Crippen LogP) is 5.69. The summed E-state index contributed by atoms with van der Waals surface area (Å²) in [4.78, 5) is 13.6. The van der Waals surface area contributed by atoms with E-state index >= 15 is 0 Å². The molecular weight excluding hydrogens is 400 g/mol. The highest BCUT2D eigenvalue weighted by atomic mass is 16.5. The number of Topliss-reactive ketones (excluding diaryl/α,β-unsaturated/α-hetero) is 1. The van der Waals surface area contributed by atoms with Crippen molar-refractivity contribution in [2.45, 2.75) is 31.7 Å². The quantitative estimate of drug-likeness (QED) is 0.502. The van der Waals surface area contributed by atoms with Crippen molar-refractivity contribution < 1.29 is 14.6 Å². The van der Waals surface area contributed by atoms with Crippen molar-refractivity contribution in [3.05, 3.63) is 94.7 Å². The molecule has 3 N–H and O–H groups in total. The Morgan fingerprint density at radius 1 is 0.938 bits per heavy atom. The molecule has 0 saturated heterocycles. The molecule has 1 aliphatic carbocycles. The lowest BCUT2D eigenvalue weighted by molar-refractivity contribution is -0.116. The van der Waals surface area contributed by atoms with Crippen LogP contribution in [0.15, 0.2) is 78.0 Å². The molecule has 162 valence electrons. The molecule has 0 bridgehead atoms. The lowest BCUT2D eigenvalue weighted by Gasteiger charge is -2.30. The van der Waals surface area contributed by atoms with E-state index in [2.05, 4.69) is 41.8 Å². The Kier molecular flexibility index (Phi) is 5.10. The minimum atomic E-state index is -0.345. The Morgan fingerprint density at radius 3 is 2.41 bits per heavy atom. The third-order valence-electron chi connectivity index (χ3n) is 6.39. The predicted molar refractivity (Wildman–Crippen MR) is 126 cm³/mol. The van der Waals surface area contributed by atoms with E-state index in [4.69, 9.17) is 4.74 Å². The van der Waals surface area contributed by atoms with Gasteiger partial charge in [-0.3, -0.25) is 4.79 Å². The molecule has 0 amide bonds. The Labute approximate surface area is 187 Å². The molecule has 32 heavy (non-hydrogen) atoms. The maximum Gasteiger partial charge on any atom is 0.163 e. The van der Waals surface area contributed by atoms with E-state index in [0.29, 0.717) is 12.2 Å². The molecule has 0 unspecified atom stereocenters. The van der Waals surface area contributed by atoms with Gasteiger partial charge in [0.2, 0.25) is 0 Å². The first-order chi connectivity index (χ1) is 15.5. The number of ketones is 1. The summed E-state index contributed by atoms with van der Waals surface area (Å²) in [5.41, 5.74) is 6.84. The summed E-state index contributed by atoms with van der Waals surface area (Å²) < 4.78 is 5.33. The smallest absolute Gasteiger partial charge is 0.163 e. The Balaban J connectivity index is 1.61. The maximum atomic E-state index is 13.6. The van der Waals surface area contributed by atoms with Crippen LogP contribution in [-0.2, 0) is 4.79 Å². The van der Waals surface area contributed by atoms with Gasteiger partial charge in [0.15, 0.2) is 17.3 Å². The number of aromatic hydroxyl groups is 1. The second-order valence-corrected chi connectivity index (χ2v) is 8.51. The molecule has 0 radical (unpaired) electrons. The first-order valence-electron chi connectivity index (χ1n) is 10.9. The van der Waals surface area contributed by atoms with Gasteiger partial charge in [-0.25, -0.2) is 0 Å². The number of hydrogen-bond acceptors (Lipinski definition) is 5. The van der Waals surface area contributed by atoms with E-state index in [0.717, 1.165) is 34.6 Å². The molecule has 2 atom stereocenters. The summed E-state index contributed by atoms with van der Waals surface area (Å²) in [6.45, 7) is 2.07. The van der Waals surface area contributed by atoms with Crippen molar-refractivity contribution in [3.8, 4) is 11.5 Å². The van der Waals surface area contributed by atoms with Gasteiger partial charge in [0.1, 0.15) is 0 Å². The highest BCUT2D eigenvalue weighted by Crippen LogP contribution is 2.45. The zero-order valence-corrected chi connectivity index (χ0v) is 18.2. The van der Waals surface area contributed by atoms with Crippen LogP contribution in [0.4, 0.5) is 11.4 Å². The number of carbonyl (C=O) groups excluding carboxylic acids is 1. The average molecular weight is 427 g/mol. The van der Waals surface area contributed by atoms with E-state index in [1.54, 1.807) is 12.1 Å². The monoisotopic (exact) mass is 426 g/mol. The molecule has 0 spiro atoms. The number of rotatable bonds is 3. The number of ether oxygens (including phenoxy) is 1. The highest BCUT2D eigenvalue weighted by Gasteiger charge is 2.36. The van der Waals surface area contributed by atoms with Gasteiger partial charge in [-0.2, -0.15) is 0 Å². The molecule has 5 nitrogen and oxygen atoms in total. The first-order valence-corrected chi connectivity index (χ1v) is 10.9. The van der Waals surface area contributed by atoms with Crippen LogP contribution in [0, 0.1) is 6.92 Å². The van der Waals surface area contributed by atoms with Gasteiger partial charge in [0.25, 0.3) is 0 Å². The SMILES string of the molecule is COc1cc([C@@H]2Nc3ccccc3NC3=C2C(=O)C[C@@H](c2ccc(C)cc2)C3)ccc1O. The summed E-state index contributed by atoms with van der Waals surface area (Å²) in [6, 6.07) is 21.4. The average Bonchev–Trinajstić information content (AvgIpc) is 2.97. The zero-order chi connectivity index (χ0) is 22.2. The molecule has 1 aliphatic heterocycles. The Hall–Kier alpha value is -3.73. The number of methoxy groups -OCH3 is 1. The number of phenolic OH excluding ortho intramolecular Hbond substituents is 1. The summed E-state index contributed by atoms with van der Waals surface area (Å²) in [5, 5.41) is 17.2. The molecule has 3 aromatic rings. The van der Waals surface area contributed by atoms with Gasteiger partial charge < -0.3 is 20.5 Å². The number of aryl methyl sites for hydroxylation is 1. The van der Waals surface area contributed by atoms with Gasteiger partial charge in [-0.05, 0) is 54.7 Å². The van der Waals surface area contributed by atoms with Crippen LogP contribution < -0.4 is 15.4 Å². The molecule has 0 fully saturated rings. The van der Waals surface area contributed by atoms with Crippen LogP contribution in [0.1, 0.15) is 41.5 Å². The molecule has 2 aliphatic rings. The Bertz CT molecular complexity index is 1210. The van der Waals surface area contributed by atoms with Crippen molar-refractivity contribution in [2.24, 2.45) is 0 Å². The fraction of sp³-hybridized carbons (Fsp3) is 0.222. The van der Waals surface area contributed by atoms with E-state index in [1.807, 2.05) is 30.3 Å². The topological polar surface area (TPSA) is 70.6 Å². The largest absolute Gasteiger partial charge is 0.504 e. The van der Waals surface area contributed by atoms with E-state index in [9.17, 15) is 9.90 Å². The number of carbonyl (C=O) groups is 1. The third kappa shape index (κ3) is 3.60. The fourth-order valence-corrected chi connectivity index (χ4v) is 4.69. The number of phenols is 1. The van der Waals surface area contributed by atoms with E-state index < -0.39 is 0 Å². The third-order valence-corrected chi connectivity index (χ3v) is 6.39. The molecule has 1 heterocycles. The van der Waals surface area contributed by atoms with Crippen molar-refractivity contribution in [2.75, 3.05) is 17.7 Å². The fourth-order valence-electron chi connectivity index (χ4n) is 4.69. The van der Waals surface area contributed by atoms with E-state index in [1.165, 1.54) is 18.2 Å². The van der Waals surface area contributed by atoms with Crippen LogP contribution in [0.2, 0.25) is 0 Å². The van der Waals surface area contributed by atoms with Gasteiger partial charge in [0.05, 0.1) is 24.5 Å². The van der Waals surface area contributed by atoms with E-state index in [-0.39, 0.29) is 23.5 Å². The number of nitrogens with one attached hydrogen (secondary N) is 2. The van der Waals surface area contributed by atoms with Crippen molar-refractivity contribution in [3.63, 3.8) is 0 Å². The zero-order valence-electron chi connectivity index (χ0n) is 18.2. The maximum absolute atomic E-state index is 13.6. The van der Waals surface area contributed by atoms with Gasteiger partial charge in [-0.15, -0.1) is 0 Å². The minimum Gasteiger partial charge on any atom is -0.504 e. The van der Waals surface area contributed by atoms with Crippen LogP contribution in [-0.4, -0.2) is 18.0 Å². The standard InChI is InChI=1S/C27H26N2O3/c1-16-7-9-17(10-8-16)19-13-22-26(24(31)14-19)27(18-11-12-23(30)25(15-18)32-2)29-21-6-4-3-5-20(21)28-22/h3-12,15,19,27-30H,13-14H2,1-2H3/t19-,27-/m0/s1. The van der Waals surface area contributed by atoms with Gasteiger partial charge >= 0.3 is 0 Å². The molecule has 0 aromatic heterocycles. The lowest BCUT2D eigenvalue weighted by atomic mass is 9.78. The molecule has 5 heteroatoms. The highest BCUT2D eigenvalue weighted by molar-refractivity contribution is 6.01. The van der Waals surface area contributed by atoms with Crippen LogP contribution >= 0.6 is 0 Å². The second-order valence-electron chi connectivity index (χ2n) is 8.51. The molecule has 0 saturated carbocycles. The Morgan fingerprint density at radius 2 is 1.66 bits per heavy atom. The summed E-state index contributed by atoms with van der Waals surface area (Å²) in [5.74, 6) is 0.723. The number of allylic oxidation sites excluding steroid dienone is 1. The number of anilines is 2. The number of hydrogen-bond donors (Lipinski definition) is 3. The first kappa shape index (κ1) is 20.2. The van der Waals surface area contributed by atoms with Crippen LogP contribution in [0.3, 0.4) is 0 Å². The van der Waals surface area contributed by atoms with Gasteiger partial charge in [0, 0.05) is 17.7 Å². The lowest BCUT2D eigenvalue weighted by Crippen LogP contribution is -2.26. The number of fused-ring (bicyclic) bond motifs is 1. The summed E-state index contributed by atoms with van der Waals surface area (Å²) in [6.07, 6.45) is 1.22. The van der Waals surface area contributed by atoms with Gasteiger partial charge in [-0.1, -0.05) is 48.0 Å². The molecule has 5 rings (SSSR count).